The Kier molecular flexibility index (Phi) is 4.37. The van der Waals surface area contributed by atoms with Crippen molar-refractivity contribution in [2.45, 2.75) is 13.8 Å². The molecule has 1 N–H and O–H groups in total. The van der Waals surface area contributed by atoms with Crippen molar-refractivity contribution in [3.8, 4) is 0 Å². The Bertz CT molecular complexity index is 618. The highest BCUT2D eigenvalue weighted by atomic mass is 32.1. The summed E-state index contributed by atoms with van der Waals surface area (Å²) in [6.07, 6.45) is 1.69. The van der Waals surface area contributed by atoms with E-state index in [1.54, 1.807) is 17.7 Å². The van der Waals surface area contributed by atoms with Crippen molar-refractivity contribution in [1.29, 1.82) is 0 Å². The molecular formula is C15H23N5S. The summed E-state index contributed by atoms with van der Waals surface area (Å²) in [5, 5.41) is 4.62. The van der Waals surface area contributed by atoms with Gasteiger partial charge in [0, 0.05) is 51.2 Å². The third-order valence-corrected chi connectivity index (χ3v) is 5.38. The van der Waals surface area contributed by atoms with E-state index in [0.717, 1.165) is 49.9 Å². The lowest BCUT2D eigenvalue weighted by atomic mass is 10.2. The number of hydrogen-bond acceptors (Lipinski definition) is 6. The topological polar surface area (TPSA) is 44.3 Å². The van der Waals surface area contributed by atoms with E-state index < -0.39 is 0 Å². The third-order valence-electron chi connectivity index (χ3n) is 4.27. The van der Waals surface area contributed by atoms with Crippen LogP contribution in [0.25, 0.3) is 10.2 Å². The predicted octanol–water partition coefficient (Wildman–Crippen LogP) is 1.65. The minimum atomic E-state index is 1.00. The van der Waals surface area contributed by atoms with Crippen molar-refractivity contribution < 1.29 is 0 Å². The number of thiophene rings is 1. The fraction of sp³-hybridized carbons (Fsp3) is 0.600. The first-order valence-corrected chi connectivity index (χ1v) is 8.33. The monoisotopic (exact) mass is 305 g/mol. The van der Waals surface area contributed by atoms with Gasteiger partial charge in [0.25, 0.3) is 0 Å². The van der Waals surface area contributed by atoms with Gasteiger partial charge in [-0.2, -0.15) is 0 Å². The van der Waals surface area contributed by atoms with Crippen molar-refractivity contribution in [3.63, 3.8) is 0 Å². The Morgan fingerprint density at radius 3 is 2.81 bits per heavy atom. The van der Waals surface area contributed by atoms with Crippen LogP contribution < -0.4 is 10.2 Å². The molecular weight excluding hydrogens is 282 g/mol. The van der Waals surface area contributed by atoms with Gasteiger partial charge < -0.3 is 10.2 Å². The van der Waals surface area contributed by atoms with Gasteiger partial charge in [-0.25, -0.2) is 9.97 Å². The van der Waals surface area contributed by atoms with E-state index in [-0.39, 0.29) is 0 Å². The average molecular weight is 305 g/mol. The lowest BCUT2D eigenvalue weighted by Crippen LogP contribution is -2.46. The average Bonchev–Trinajstić information content (AvgIpc) is 2.81. The first-order chi connectivity index (χ1) is 10.2. The Balaban J connectivity index is 1.76. The number of likely N-dealkylation sites (N-methyl/N-ethyl adjacent to an activating group) is 1. The second kappa shape index (κ2) is 6.25. The first kappa shape index (κ1) is 14.7. The maximum Gasteiger partial charge on any atom is 0.140 e. The molecule has 0 radical (unpaired) electrons. The van der Waals surface area contributed by atoms with Gasteiger partial charge in [0.1, 0.15) is 17.0 Å². The molecule has 3 heterocycles. The van der Waals surface area contributed by atoms with Crippen LogP contribution in [0.3, 0.4) is 0 Å². The number of hydrogen-bond donors (Lipinski definition) is 1. The SMILES string of the molecule is Cc1sc2ncnc(N(C)CCN3CCNCC3)c2c1C. The highest BCUT2D eigenvalue weighted by molar-refractivity contribution is 7.18. The highest BCUT2D eigenvalue weighted by Gasteiger charge is 2.16. The van der Waals surface area contributed by atoms with Crippen LogP contribution in [0.1, 0.15) is 10.4 Å². The smallest absolute Gasteiger partial charge is 0.140 e. The summed E-state index contributed by atoms with van der Waals surface area (Å²) in [6.45, 7) is 10.9. The molecule has 1 aliphatic rings. The lowest BCUT2D eigenvalue weighted by Gasteiger charge is -2.29. The molecule has 6 heteroatoms. The van der Waals surface area contributed by atoms with Crippen molar-refractivity contribution in [1.82, 2.24) is 20.2 Å². The van der Waals surface area contributed by atoms with E-state index in [1.165, 1.54) is 15.8 Å². The van der Waals surface area contributed by atoms with Gasteiger partial charge in [0.15, 0.2) is 0 Å². The number of aryl methyl sites for hydroxylation is 2. The van der Waals surface area contributed by atoms with E-state index >= 15 is 0 Å². The Hall–Kier alpha value is -1.24. The molecule has 2 aromatic heterocycles. The second-order valence-electron chi connectivity index (χ2n) is 5.67. The number of rotatable bonds is 4. The van der Waals surface area contributed by atoms with Gasteiger partial charge in [0.05, 0.1) is 5.39 Å². The van der Waals surface area contributed by atoms with Crippen LogP contribution in [0.4, 0.5) is 5.82 Å². The second-order valence-corrected chi connectivity index (χ2v) is 6.88. The summed E-state index contributed by atoms with van der Waals surface area (Å²) in [5.41, 5.74) is 1.32. The molecule has 0 atom stereocenters. The molecule has 1 saturated heterocycles. The Labute approximate surface area is 130 Å². The number of anilines is 1. The molecule has 2 aromatic rings. The zero-order chi connectivity index (χ0) is 14.8. The Morgan fingerprint density at radius 2 is 2.05 bits per heavy atom. The normalized spacial score (nSPS) is 16.5. The molecule has 0 spiro atoms. The quantitative estimate of drug-likeness (QED) is 0.930. The molecule has 3 rings (SSSR count). The molecule has 1 aliphatic heterocycles. The number of piperazine rings is 1. The van der Waals surface area contributed by atoms with E-state index in [9.17, 15) is 0 Å². The molecule has 0 saturated carbocycles. The summed E-state index contributed by atoms with van der Waals surface area (Å²) in [5.74, 6) is 1.07. The summed E-state index contributed by atoms with van der Waals surface area (Å²) in [7, 11) is 2.14. The fourth-order valence-electron chi connectivity index (χ4n) is 2.79. The number of nitrogens with one attached hydrogen (secondary N) is 1. The van der Waals surface area contributed by atoms with Crippen LogP contribution in [-0.2, 0) is 0 Å². The van der Waals surface area contributed by atoms with Crippen LogP contribution >= 0.6 is 11.3 Å². The summed E-state index contributed by atoms with van der Waals surface area (Å²) >= 11 is 1.76. The first-order valence-electron chi connectivity index (χ1n) is 7.51. The standard InChI is InChI=1S/C15H23N5S/c1-11-12(2)21-15-13(11)14(17-10-18-15)19(3)8-9-20-6-4-16-5-7-20/h10,16H,4-9H2,1-3H3. The van der Waals surface area contributed by atoms with Gasteiger partial charge in [0.2, 0.25) is 0 Å². The minimum absolute atomic E-state index is 1.00. The molecule has 1 fully saturated rings. The molecule has 114 valence electrons. The van der Waals surface area contributed by atoms with Crippen molar-refractivity contribution in [2.75, 3.05) is 51.2 Å². The van der Waals surface area contributed by atoms with Gasteiger partial charge in [-0.1, -0.05) is 0 Å². The van der Waals surface area contributed by atoms with E-state index in [1.807, 2.05) is 0 Å². The Morgan fingerprint density at radius 1 is 1.29 bits per heavy atom. The van der Waals surface area contributed by atoms with E-state index in [2.05, 4.69) is 46.0 Å². The van der Waals surface area contributed by atoms with Crippen molar-refractivity contribution in [2.24, 2.45) is 0 Å². The molecule has 0 unspecified atom stereocenters. The van der Waals surface area contributed by atoms with Gasteiger partial charge in [-0.05, 0) is 19.4 Å². The third kappa shape index (κ3) is 3.02. The van der Waals surface area contributed by atoms with Gasteiger partial charge >= 0.3 is 0 Å². The summed E-state index contributed by atoms with van der Waals surface area (Å²) in [6, 6.07) is 0. The molecule has 0 aliphatic carbocycles. The van der Waals surface area contributed by atoms with Gasteiger partial charge in [-0.15, -0.1) is 11.3 Å². The molecule has 0 amide bonds. The largest absolute Gasteiger partial charge is 0.358 e. The summed E-state index contributed by atoms with van der Waals surface area (Å²) < 4.78 is 0. The van der Waals surface area contributed by atoms with Crippen LogP contribution in [-0.4, -0.2) is 61.2 Å². The van der Waals surface area contributed by atoms with E-state index in [4.69, 9.17) is 0 Å². The number of fused-ring (bicyclic) bond motifs is 1. The van der Waals surface area contributed by atoms with Crippen LogP contribution in [0, 0.1) is 13.8 Å². The maximum atomic E-state index is 4.54. The maximum absolute atomic E-state index is 4.54. The molecule has 0 aromatic carbocycles. The zero-order valence-corrected chi connectivity index (χ0v) is 13.8. The van der Waals surface area contributed by atoms with Crippen LogP contribution in [0.2, 0.25) is 0 Å². The predicted molar refractivity (Wildman–Crippen MR) is 89.5 cm³/mol. The van der Waals surface area contributed by atoms with Crippen LogP contribution in [0.5, 0.6) is 0 Å². The summed E-state index contributed by atoms with van der Waals surface area (Å²) in [4.78, 5) is 16.2. The van der Waals surface area contributed by atoms with Crippen molar-refractivity contribution >= 4 is 27.4 Å². The van der Waals surface area contributed by atoms with Gasteiger partial charge in [-0.3, -0.25) is 4.90 Å². The van der Waals surface area contributed by atoms with E-state index in [0.29, 0.717) is 0 Å². The van der Waals surface area contributed by atoms with Crippen molar-refractivity contribution in [3.05, 3.63) is 16.8 Å². The zero-order valence-electron chi connectivity index (χ0n) is 13.0. The molecule has 5 nitrogen and oxygen atoms in total. The molecule has 0 bridgehead atoms. The minimum Gasteiger partial charge on any atom is -0.358 e. The molecule has 21 heavy (non-hydrogen) atoms. The van der Waals surface area contributed by atoms with Crippen LogP contribution in [0.15, 0.2) is 6.33 Å². The number of aromatic nitrogens is 2. The highest BCUT2D eigenvalue weighted by Crippen LogP contribution is 2.33. The number of nitrogens with zero attached hydrogens (tertiary/aromatic N) is 4. The lowest BCUT2D eigenvalue weighted by molar-refractivity contribution is 0.246. The fourth-order valence-corrected chi connectivity index (χ4v) is 3.78.